The zero-order valence-corrected chi connectivity index (χ0v) is 18.9. The Morgan fingerprint density at radius 3 is 2.40 bits per heavy atom. The van der Waals surface area contributed by atoms with Crippen LogP contribution in [-0.4, -0.2) is 79.7 Å². The van der Waals surface area contributed by atoms with E-state index in [1.807, 2.05) is 0 Å². The predicted molar refractivity (Wildman–Crippen MR) is 117 cm³/mol. The summed E-state index contributed by atoms with van der Waals surface area (Å²) in [7, 11) is 2.85. The zero-order chi connectivity index (χ0) is 26.1. The number of Topliss-reactive ketones (excluding diaryl/α,β-unsaturated/α-hetero) is 2. The largest absolute Gasteiger partial charge is 0.508 e. The number of carbonyl (C=O) groups excluding carboxylic acids is 3. The maximum Gasteiger partial charge on any atom is 0.255 e. The van der Waals surface area contributed by atoms with Gasteiger partial charge in [-0.25, -0.2) is 0 Å². The fourth-order valence-corrected chi connectivity index (χ4v) is 5.82. The van der Waals surface area contributed by atoms with Crippen LogP contribution in [0.4, 0.5) is 5.69 Å². The Bertz CT molecular complexity index is 1310. The SMILES string of the molecule is C[C@@H]1c2c(N=[N+]=N)ccc(O)c2C(O)=C2C(=O)[C@]3(O)C(O)=C(C(N)=O)C(=O)[C@H](N(C)C)[C@@H]3[C@@H](O)[C@@H]21. The average Bonchev–Trinajstić information content (AvgIpc) is 2.77. The van der Waals surface area contributed by atoms with E-state index >= 15 is 0 Å². The smallest absolute Gasteiger partial charge is 0.255 e. The number of rotatable bonds is 3. The Labute approximate surface area is 198 Å². The number of fused-ring (bicyclic) bond motifs is 3. The summed E-state index contributed by atoms with van der Waals surface area (Å²) in [5.74, 6) is -9.86. The first kappa shape index (κ1) is 24.2. The zero-order valence-electron chi connectivity index (χ0n) is 18.9. The summed E-state index contributed by atoms with van der Waals surface area (Å²) in [5.41, 5.74) is 7.94. The molecule has 0 saturated heterocycles. The number of likely N-dealkylation sites (N-methyl/N-ethyl adjacent to an activating group) is 1. The summed E-state index contributed by atoms with van der Waals surface area (Å²) in [6, 6.07) is 1.07. The van der Waals surface area contributed by atoms with Crippen LogP contribution in [0, 0.1) is 17.4 Å². The molecule has 0 aliphatic heterocycles. The molecule has 184 valence electrons. The van der Waals surface area contributed by atoms with Gasteiger partial charge in [0.2, 0.25) is 10.7 Å². The number of phenols is 1. The monoisotopic (exact) mass is 486 g/mol. The molecule has 3 aliphatic rings. The lowest BCUT2D eigenvalue weighted by molar-refractivity contribution is -0.169. The molecule has 6 atom stereocenters. The molecule has 1 fully saturated rings. The Hall–Kier alpha value is -3.90. The molecule has 3 aliphatic carbocycles. The first-order valence-corrected chi connectivity index (χ1v) is 10.6. The topological polar surface area (TPSA) is 232 Å². The van der Waals surface area contributed by atoms with Crippen molar-refractivity contribution in [1.29, 1.82) is 5.53 Å². The number of nitrogens with zero attached hydrogens (tertiary/aromatic N) is 3. The second-order valence-corrected chi connectivity index (χ2v) is 9.14. The van der Waals surface area contributed by atoms with Crippen molar-refractivity contribution in [2.24, 2.45) is 22.7 Å². The summed E-state index contributed by atoms with van der Waals surface area (Å²) in [6.45, 7) is 1.57. The number of aliphatic hydroxyl groups excluding tert-OH is 3. The number of aromatic hydroxyl groups is 1. The van der Waals surface area contributed by atoms with E-state index in [4.69, 9.17) is 11.3 Å². The number of phenolic OH excluding ortho intramolecular Hbond substituents is 1. The van der Waals surface area contributed by atoms with Gasteiger partial charge in [0.1, 0.15) is 28.4 Å². The van der Waals surface area contributed by atoms with Crippen molar-refractivity contribution in [2.75, 3.05) is 14.1 Å². The lowest BCUT2D eigenvalue weighted by Gasteiger charge is -2.53. The lowest BCUT2D eigenvalue weighted by atomic mass is 9.54. The van der Waals surface area contributed by atoms with Gasteiger partial charge >= 0.3 is 0 Å². The number of hydrogen-bond donors (Lipinski definition) is 7. The van der Waals surface area contributed by atoms with Gasteiger partial charge < -0.3 is 31.3 Å². The number of amides is 1. The maximum atomic E-state index is 13.8. The molecule has 1 aromatic rings. The first-order valence-electron chi connectivity index (χ1n) is 10.6. The molecular weight excluding hydrogens is 462 g/mol. The van der Waals surface area contributed by atoms with Crippen LogP contribution < -0.4 is 10.6 Å². The quantitative estimate of drug-likeness (QED) is 0.168. The van der Waals surface area contributed by atoms with E-state index in [9.17, 15) is 39.9 Å². The van der Waals surface area contributed by atoms with Crippen molar-refractivity contribution in [3.05, 3.63) is 40.2 Å². The average molecular weight is 486 g/mol. The third-order valence-corrected chi connectivity index (χ3v) is 7.24. The summed E-state index contributed by atoms with van der Waals surface area (Å²) in [6.07, 6.45) is -1.71. The molecule has 1 saturated carbocycles. The summed E-state index contributed by atoms with van der Waals surface area (Å²) < 4.78 is 0. The molecule has 0 aromatic heterocycles. The standard InChI is InChI=1S/C22H23N5O8/c1-6-9-7(25-26-24)4-5-8(28)11(9)16(29)12-10(6)17(30)14-15(27(2)3)18(31)13(21(23)34)20(33)22(14,35)19(12)32/h4-6,10,14-15,17,24,30,35H,1-3H3,(H4,23,29,31,32,33,34)/p+1/t6-,10-,14-,15-,17+,22+/m1/s1. The summed E-state index contributed by atoms with van der Waals surface area (Å²) in [4.78, 5) is 43.2. The fourth-order valence-electron chi connectivity index (χ4n) is 5.82. The van der Waals surface area contributed by atoms with Crippen molar-refractivity contribution >= 4 is 28.9 Å². The normalized spacial score (nSPS) is 32.1. The Balaban J connectivity index is 2.10. The number of nitrogens with two attached hydrogens (primary N) is 1. The molecule has 0 spiro atoms. The van der Waals surface area contributed by atoms with E-state index < -0.39 is 81.4 Å². The molecule has 0 heterocycles. The van der Waals surface area contributed by atoms with Crippen LogP contribution in [0.5, 0.6) is 5.75 Å². The van der Waals surface area contributed by atoms with Gasteiger partial charge in [-0.2, -0.15) is 0 Å². The maximum absolute atomic E-state index is 13.8. The number of primary amides is 1. The number of ketones is 2. The summed E-state index contributed by atoms with van der Waals surface area (Å²) in [5, 5.41) is 59.2. The number of benzene rings is 1. The minimum absolute atomic E-state index is 0.0917. The minimum Gasteiger partial charge on any atom is -0.508 e. The van der Waals surface area contributed by atoms with Crippen LogP contribution in [0.15, 0.2) is 34.2 Å². The van der Waals surface area contributed by atoms with Crippen molar-refractivity contribution in [3.8, 4) is 5.75 Å². The van der Waals surface area contributed by atoms with Crippen molar-refractivity contribution in [1.82, 2.24) is 9.81 Å². The number of carbonyl (C=O) groups is 3. The van der Waals surface area contributed by atoms with Crippen LogP contribution in [0.2, 0.25) is 0 Å². The molecule has 0 bridgehead atoms. The predicted octanol–water partition coefficient (Wildman–Crippen LogP) is -0.322. The van der Waals surface area contributed by atoms with Crippen LogP contribution in [0.1, 0.15) is 24.0 Å². The van der Waals surface area contributed by atoms with E-state index in [1.54, 1.807) is 6.92 Å². The van der Waals surface area contributed by atoms with E-state index in [2.05, 4.69) is 10.0 Å². The van der Waals surface area contributed by atoms with Gasteiger partial charge in [-0.05, 0) is 32.1 Å². The Morgan fingerprint density at radius 2 is 1.86 bits per heavy atom. The molecule has 8 N–H and O–H groups in total. The van der Waals surface area contributed by atoms with E-state index in [1.165, 1.54) is 25.1 Å². The second-order valence-electron chi connectivity index (χ2n) is 9.14. The van der Waals surface area contributed by atoms with Gasteiger partial charge in [0.25, 0.3) is 5.91 Å². The molecule has 1 amide bonds. The van der Waals surface area contributed by atoms with Crippen LogP contribution in [-0.2, 0) is 14.4 Å². The molecule has 0 unspecified atom stereocenters. The Morgan fingerprint density at radius 1 is 1.23 bits per heavy atom. The fraction of sp³-hybridized carbons (Fsp3) is 0.409. The van der Waals surface area contributed by atoms with Crippen molar-refractivity contribution < 1.29 is 39.9 Å². The highest BCUT2D eigenvalue weighted by atomic mass is 16.4. The number of nitrogens with one attached hydrogen (secondary N) is 1. The molecular formula is C22H24N5O8+. The van der Waals surface area contributed by atoms with Gasteiger partial charge in [-0.15, -0.1) is 0 Å². The molecule has 13 nitrogen and oxygen atoms in total. The molecule has 4 rings (SSSR count). The molecule has 35 heavy (non-hydrogen) atoms. The highest BCUT2D eigenvalue weighted by Crippen LogP contribution is 2.57. The highest BCUT2D eigenvalue weighted by molar-refractivity contribution is 6.24. The molecule has 13 heteroatoms. The van der Waals surface area contributed by atoms with E-state index in [0.717, 1.165) is 6.07 Å². The number of hydrogen-bond acceptors (Lipinski definition) is 11. The van der Waals surface area contributed by atoms with E-state index in [-0.39, 0.29) is 16.8 Å². The van der Waals surface area contributed by atoms with Gasteiger partial charge in [-0.3, -0.25) is 19.3 Å². The van der Waals surface area contributed by atoms with Crippen LogP contribution >= 0.6 is 0 Å². The third kappa shape index (κ3) is 2.93. The second kappa shape index (κ2) is 7.82. The van der Waals surface area contributed by atoms with Gasteiger partial charge in [0, 0.05) is 17.1 Å². The van der Waals surface area contributed by atoms with Crippen molar-refractivity contribution in [3.63, 3.8) is 0 Å². The van der Waals surface area contributed by atoms with Gasteiger partial charge in [-0.1, -0.05) is 6.92 Å². The highest BCUT2D eigenvalue weighted by Gasteiger charge is 2.68. The third-order valence-electron chi connectivity index (χ3n) is 7.24. The van der Waals surface area contributed by atoms with Gasteiger partial charge in [0.05, 0.1) is 23.6 Å². The first-order chi connectivity index (χ1) is 16.3. The summed E-state index contributed by atoms with van der Waals surface area (Å²) >= 11 is 0. The Kier molecular flexibility index (Phi) is 5.41. The van der Waals surface area contributed by atoms with Crippen LogP contribution in [0.25, 0.3) is 5.76 Å². The van der Waals surface area contributed by atoms with E-state index in [0.29, 0.717) is 0 Å². The lowest BCUT2D eigenvalue weighted by Crippen LogP contribution is -2.70. The van der Waals surface area contributed by atoms with Crippen molar-refractivity contribution in [2.45, 2.75) is 30.6 Å². The van der Waals surface area contributed by atoms with Crippen LogP contribution in [0.3, 0.4) is 0 Å². The molecule has 1 aromatic carbocycles. The van der Waals surface area contributed by atoms with Gasteiger partial charge in [0.15, 0.2) is 22.2 Å². The number of aliphatic hydroxyl groups is 4. The molecule has 0 radical (unpaired) electrons. The minimum atomic E-state index is -2.97.